The van der Waals surface area contributed by atoms with Crippen LogP contribution in [0.3, 0.4) is 0 Å². The smallest absolute Gasteiger partial charge is 0.303 e. The first-order valence-electron chi connectivity index (χ1n) is 3.18. The average Bonchev–Trinajstić information content (AvgIpc) is 1.88. The molecule has 0 saturated heterocycles. The van der Waals surface area contributed by atoms with Gasteiger partial charge in [-0.1, -0.05) is 0 Å². The van der Waals surface area contributed by atoms with E-state index in [1.165, 1.54) is 6.92 Å². The molecule has 1 atom stereocenters. The highest BCUT2D eigenvalue weighted by atomic mass is 16.5. The molecule has 0 saturated carbocycles. The van der Waals surface area contributed by atoms with Crippen molar-refractivity contribution in [1.29, 1.82) is 0 Å². The maximum Gasteiger partial charge on any atom is 0.303 e. The van der Waals surface area contributed by atoms with Gasteiger partial charge in [-0.05, 0) is 0 Å². The Kier molecular flexibility index (Phi) is 2.25. The molecule has 1 rings (SSSR count). The molecule has 0 amide bonds. The molecule has 0 aromatic rings. The van der Waals surface area contributed by atoms with Crippen LogP contribution in [-0.4, -0.2) is 31.5 Å². The Labute approximate surface area is 59.3 Å². The number of esters is 1. The first-order valence-corrected chi connectivity index (χ1v) is 3.18. The molecule has 4 nitrogen and oxygen atoms in total. The van der Waals surface area contributed by atoms with Crippen LogP contribution in [0.15, 0.2) is 4.99 Å². The summed E-state index contributed by atoms with van der Waals surface area (Å²) in [6.45, 7) is 2.65. The Morgan fingerprint density at radius 1 is 1.90 bits per heavy atom. The number of carbonyl (C=O) groups excluding carboxylic acids is 1. The first kappa shape index (κ1) is 7.05. The summed E-state index contributed by atoms with van der Waals surface area (Å²) in [6, 6.07) is 0. The van der Waals surface area contributed by atoms with Crippen molar-refractivity contribution >= 4 is 12.3 Å². The molecule has 0 fully saturated rings. The van der Waals surface area contributed by atoms with Gasteiger partial charge in [-0.2, -0.15) is 0 Å². The zero-order valence-electron chi connectivity index (χ0n) is 5.83. The van der Waals surface area contributed by atoms with Crippen LogP contribution in [0.1, 0.15) is 6.92 Å². The van der Waals surface area contributed by atoms with E-state index in [2.05, 4.69) is 10.3 Å². The maximum absolute atomic E-state index is 10.4. The van der Waals surface area contributed by atoms with Gasteiger partial charge in [-0.25, -0.2) is 0 Å². The lowest BCUT2D eigenvalue weighted by atomic mass is 10.3. The molecule has 1 heterocycles. The van der Waals surface area contributed by atoms with Crippen molar-refractivity contribution in [2.24, 2.45) is 4.99 Å². The number of hydrogen-bond acceptors (Lipinski definition) is 4. The third kappa shape index (κ3) is 2.05. The van der Waals surface area contributed by atoms with Gasteiger partial charge < -0.3 is 10.1 Å². The Bertz CT molecular complexity index is 156. The SMILES string of the molecule is CC(=O)OC1CN=CNC1. The fourth-order valence-electron chi connectivity index (χ4n) is 0.797. The van der Waals surface area contributed by atoms with Crippen LogP contribution in [0.5, 0.6) is 0 Å². The van der Waals surface area contributed by atoms with Gasteiger partial charge in [0, 0.05) is 6.92 Å². The molecule has 1 aliphatic heterocycles. The van der Waals surface area contributed by atoms with E-state index >= 15 is 0 Å². The van der Waals surface area contributed by atoms with Crippen LogP contribution in [0.2, 0.25) is 0 Å². The van der Waals surface area contributed by atoms with Crippen LogP contribution in [-0.2, 0) is 9.53 Å². The lowest BCUT2D eigenvalue weighted by molar-refractivity contribution is -0.145. The molecule has 0 aliphatic carbocycles. The zero-order valence-corrected chi connectivity index (χ0v) is 5.83. The quantitative estimate of drug-likeness (QED) is 0.504. The predicted octanol–water partition coefficient (Wildman–Crippen LogP) is -0.450. The minimum absolute atomic E-state index is 0.0810. The van der Waals surface area contributed by atoms with Crippen molar-refractivity contribution < 1.29 is 9.53 Å². The van der Waals surface area contributed by atoms with Gasteiger partial charge in [0.2, 0.25) is 0 Å². The summed E-state index contributed by atoms with van der Waals surface area (Å²) in [6.07, 6.45) is 1.54. The topological polar surface area (TPSA) is 50.7 Å². The van der Waals surface area contributed by atoms with Crippen LogP contribution >= 0.6 is 0 Å². The van der Waals surface area contributed by atoms with Gasteiger partial charge in [0.25, 0.3) is 0 Å². The number of nitrogens with one attached hydrogen (secondary N) is 1. The molecule has 56 valence electrons. The highest BCUT2D eigenvalue weighted by Crippen LogP contribution is 1.94. The van der Waals surface area contributed by atoms with Crippen molar-refractivity contribution in [2.75, 3.05) is 13.1 Å². The van der Waals surface area contributed by atoms with E-state index in [0.29, 0.717) is 13.1 Å². The monoisotopic (exact) mass is 142 g/mol. The molecule has 0 bridgehead atoms. The van der Waals surface area contributed by atoms with Gasteiger partial charge in [0.05, 0.1) is 19.4 Å². The molecule has 4 heteroatoms. The maximum atomic E-state index is 10.4. The van der Waals surface area contributed by atoms with E-state index in [-0.39, 0.29) is 12.1 Å². The summed E-state index contributed by atoms with van der Waals surface area (Å²) >= 11 is 0. The van der Waals surface area contributed by atoms with E-state index in [4.69, 9.17) is 4.74 Å². The van der Waals surface area contributed by atoms with Crippen molar-refractivity contribution in [2.45, 2.75) is 13.0 Å². The van der Waals surface area contributed by atoms with E-state index in [9.17, 15) is 4.79 Å². The van der Waals surface area contributed by atoms with Gasteiger partial charge in [-0.3, -0.25) is 9.79 Å². The molecule has 0 radical (unpaired) electrons. The summed E-state index contributed by atoms with van der Waals surface area (Å²) < 4.78 is 4.88. The van der Waals surface area contributed by atoms with Crippen molar-refractivity contribution in [3.05, 3.63) is 0 Å². The van der Waals surface area contributed by atoms with Gasteiger partial charge in [-0.15, -0.1) is 0 Å². The summed E-state index contributed by atoms with van der Waals surface area (Å²) in [7, 11) is 0. The number of nitrogens with zero attached hydrogens (tertiary/aromatic N) is 1. The lowest BCUT2D eigenvalue weighted by Gasteiger charge is -2.17. The highest BCUT2D eigenvalue weighted by Gasteiger charge is 2.11. The second-order valence-corrected chi connectivity index (χ2v) is 2.13. The summed E-state index contributed by atoms with van der Waals surface area (Å²) in [5, 5.41) is 2.87. The summed E-state index contributed by atoms with van der Waals surface area (Å²) in [5.74, 6) is -0.246. The third-order valence-electron chi connectivity index (χ3n) is 1.17. The van der Waals surface area contributed by atoms with Gasteiger partial charge in [0.15, 0.2) is 0 Å². The van der Waals surface area contributed by atoms with Crippen molar-refractivity contribution in [1.82, 2.24) is 5.32 Å². The number of rotatable bonds is 1. The van der Waals surface area contributed by atoms with E-state index in [1.54, 1.807) is 6.34 Å². The van der Waals surface area contributed by atoms with Crippen LogP contribution in [0, 0.1) is 0 Å². The number of aliphatic imine (C=N–C) groups is 1. The van der Waals surface area contributed by atoms with Crippen molar-refractivity contribution in [3.63, 3.8) is 0 Å². The molecule has 1 aliphatic rings. The number of hydrogen-bond donors (Lipinski definition) is 1. The largest absolute Gasteiger partial charge is 0.459 e. The van der Waals surface area contributed by atoms with E-state index < -0.39 is 0 Å². The summed E-state index contributed by atoms with van der Waals surface area (Å²) in [5.41, 5.74) is 0. The fraction of sp³-hybridized carbons (Fsp3) is 0.667. The Morgan fingerprint density at radius 3 is 3.20 bits per heavy atom. The van der Waals surface area contributed by atoms with Crippen LogP contribution in [0.25, 0.3) is 0 Å². The Hall–Kier alpha value is -1.06. The number of ether oxygens (including phenoxy) is 1. The number of carbonyl (C=O) groups is 1. The molecular formula is C6H10N2O2. The highest BCUT2D eigenvalue weighted by molar-refractivity contribution is 5.66. The Morgan fingerprint density at radius 2 is 2.70 bits per heavy atom. The normalized spacial score (nSPS) is 23.5. The standard InChI is InChI=1S/C6H10N2O2/c1-5(9)10-6-2-7-4-8-3-6/h4,6H,2-3H2,1H3,(H,7,8). The van der Waals surface area contributed by atoms with Crippen LogP contribution < -0.4 is 5.32 Å². The zero-order chi connectivity index (χ0) is 7.40. The minimum Gasteiger partial charge on any atom is -0.459 e. The Balaban J connectivity index is 2.28. The van der Waals surface area contributed by atoms with Crippen LogP contribution in [0.4, 0.5) is 0 Å². The first-order chi connectivity index (χ1) is 4.79. The van der Waals surface area contributed by atoms with E-state index in [1.807, 2.05) is 0 Å². The van der Waals surface area contributed by atoms with E-state index in [0.717, 1.165) is 0 Å². The lowest BCUT2D eigenvalue weighted by Crippen LogP contribution is -2.35. The van der Waals surface area contributed by atoms with Gasteiger partial charge >= 0.3 is 5.97 Å². The third-order valence-corrected chi connectivity index (χ3v) is 1.17. The predicted molar refractivity (Wildman–Crippen MR) is 36.9 cm³/mol. The summed E-state index contributed by atoms with van der Waals surface area (Å²) in [4.78, 5) is 14.3. The average molecular weight is 142 g/mol. The minimum atomic E-state index is -0.246. The van der Waals surface area contributed by atoms with Crippen molar-refractivity contribution in [3.8, 4) is 0 Å². The molecule has 0 aromatic heterocycles. The molecule has 1 unspecified atom stereocenters. The fourth-order valence-corrected chi connectivity index (χ4v) is 0.797. The van der Waals surface area contributed by atoms with Gasteiger partial charge in [0.1, 0.15) is 6.10 Å². The molecule has 1 N–H and O–H groups in total. The molecule has 0 spiro atoms. The molecule has 0 aromatic carbocycles. The second kappa shape index (κ2) is 3.20. The second-order valence-electron chi connectivity index (χ2n) is 2.13. The molecule has 10 heavy (non-hydrogen) atoms. The molecular weight excluding hydrogens is 132 g/mol.